The van der Waals surface area contributed by atoms with Crippen LogP contribution in [0.2, 0.25) is 0 Å². The van der Waals surface area contributed by atoms with Gasteiger partial charge in [-0.1, -0.05) is 18.2 Å². The summed E-state index contributed by atoms with van der Waals surface area (Å²) in [5, 5.41) is 0. The molecule has 1 aliphatic heterocycles. The van der Waals surface area contributed by atoms with E-state index in [9.17, 15) is 9.59 Å². The third-order valence-corrected chi connectivity index (χ3v) is 3.77. The van der Waals surface area contributed by atoms with Gasteiger partial charge in [0.25, 0.3) is 11.5 Å². The van der Waals surface area contributed by atoms with Crippen molar-refractivity contribution in [2.24, 2.45) is 7.05 Å². The molecule has 6 heteroatoms. The zero-order valence-corrected chi connectivity index (χ0v) is 12.6. The van der Waals surface area contributed by atoms with Gasteiger partial charge in [0.15, 0.2) is 0 Å². The van der Waals surface area contributed by atoms with Crippen LogP contribution in [-0.4, -0.2) is 33.5 Å². The highest BCUT2D eigenvalue weighted by molar-refractivity contribution is 5.95. The van der Waals surface area contributed by atoms with E-state index in [-0.39, 0.29) is 30.4 Å². The second-order valence-corrected chi connectivity index (χ2v) is 5.33. The van der Waals surface area contributed by atoms with Gasteiger partial charge in [0.05, 0.1) is 19.4 Å². The van der Waals surface area contributed by atoms with Crippen molar-refractivity contribution in [3.8, 4) is 5.75 Å². The Labute approximate surface area is 128 Å². The van der Waals surface area contributed by atoms with Crippen LogP contribution < -0.4 is 10.3 Å². The Morgan fingerprint density at radius 3 is 2.86 bits per heavy atom. The van der Waals surface area contributed by atoms with E-state index < -0.39 is 0 Å². The maximum absolute atomic E-state index is 12.7. The number of aromatic nitrogens is 2. The largest absolute Gasteiger partial charge is 0.485 e. The van der Waals surface area contributed by atoms with Crippen LogP contribution in [0, 0.1) is 6.92 Å². The number of benzene rings is 1. The van der Waals surface area contributed by atoms with E-state index in [1.807, 2.05) is 31.2 Å². The quantitative estimate of drug-likeness (QED) is 0.791. The monoisotopic (exact) mass is 299 g/mol. The summed E-state index contributed by atoms with van der Waals surface area (Å²) < 4.78 is 6.89. The number of aryl methyl sites for hydroxylation is 2. The molecule has 3 rings (SSSR count). The van der Waals surface area contributed by atoms with Crippen LogP contribution in [0.25, 0.3) is 0 Å². The number of hydrogen-bond donors (Lipinski definition) is 0. The molecule has 2 aromatic rings. The average molecular weight is 299 g/mol. The number of ether oxygens (including phenoxy) is 1. The fourth-order valence-corrected chi connectivity index (χ4v) is 2.48. The third-order valence-electron chi connectivity index (χ3n) is 3.77. The lowest BCUT2D eigenvalue weighted by Gasteiger charge is -2.20. The molecule has 0 saturated heterocycles. The topological polar surface area (TPSA) is 64.4 Å². The molecule has 0 radical (unpaired) electrons. The van der Waals surface area contributed by atoms with E-state index in [1.165, 1.54) is 10.9 Å². The van der Waals surface area contributed by atoms with Crippen LogP contribution in [-0.2, 0) is 13.6 Å². The normalized spacial score (nSPS) is 14.0. The minimum absolute atomic E-state index is 0.0722. The van der Waals surface area contributed by atoms with Crippen molar-refractivity contribution < 1.29 is 9.53 Å². The molecule has 6 nitrogen and oxygen atoms in total. The van der Waals surface area contributed by atoms with E-state index >= 15 is 0 Å². The first kappa shape index (κ1) is 14.3. The van der Waals surface area contributed by atoms with Crippen molar-refractivity contribution in [3.63, 3.8) is 0 Å². The summed E-state index contributed by atoms with van der Waals surface area (Å²) in [6, 6.07) is 7.46. The summed E-state index contributed by atoms with van der Waals surface area (Å²) in [4.78, 5) is 30.7. The Kier molecular flexibility index (Phi) is 3.66. The number of carbonyl (C=O) groups is 1. The number of nitrogens with zero attached hydrogens (tertiary/aromatic N) is 3. The van der Waals surface area contributed by atoms with E-state index in [0.29, 0.717) is 17.8 Å². The van der Waals surface area contributed by atoms with Gasteiger partial charge in [-0.2, -0.15) is 0 Å². The predicted octanol–water partition coefficient (Wildman–Crippen LogP) is 1.12. The van der Waals surface area contributed by atoms with Crippen molar-refractivity contribution in [1.29, 1.82) is 0 Å². The van der Waals surface area contributed by atoms with Crippen LogP contribution >= 0.6 is 0 Å². The van der Waals surface area contributed by atoms with Gasteiger partial charge in [-0.3, -0.25) is 14.2 Å². The Morgan fingerprint density at radius 2 is 2.09 bits per heavy atom. The fourth-order valence-electron chi connectivity index (χ4n) is 2.48. The molecule has 0 atom stereocenters. The van der Waals surface area contributed by atoms with E-state index in [4.69, 9.17) is 4.74 Å². The van der Waals surface area contributed by atoms with Crippen LogP contribution in [0.1, 0.15) is 21.6 Å². The highest BCUT2D eigenvalue weighted by Crippen LogP contribution is 2.19. The summed E-state index contributed by atoms with van der Waals surface area (Å²) in [5.74, 6) is 0.169. The van der Waals surface area contributed by atoms with Gasteiger partial charge >= 0.3 is 0 Å². The standard InChI is InChI=1S/C16H17N3O3/c1-11-5-3-4-6-12(11)15(20)19-7-8-22-14-13(9-19)17-10-18(2)16(14)21/h3-6,10H,7-9H2,1-2H3. The summed E-state index contributed by atoms with van der Waals surface area (Å²) in [6.07, 6.45) is 1.45. The molecule has 1 amide bonds. The Balaban J connectivity index is 1.94. The number of carbonyl (C=O) groups excluding carboxylic acids is 1. The van der Waals surface area contributed by atoms with Crippen LogP contribution in [0.15, 0.2) is 35.4 Å². The molecule has 0 aliphatic carbocycles. The highest BCUT2D eigenvalue weighted by atomic mass is 16.5. The second kappa shape index (κ2) is 5.63. The van der Waals surface area contributed by atoms with Crippen LogP contribution in [0.3, 0.4) is 0 Å². The molecule has 0 N–H and O–H groups in total. The van der Waals surface area contributed by atoms with Gasteiger partial charge in [-0.05, 0) is 18.6 Å². The lowest BCUT2D eigenvalue weighted by atomic mass is 10.1. The smallest absolute Gasteiger partial charge is 0.295 e. The van der Waals surface area contributed by atoms with Gasteiger partial charge in [0.2, 0.25) is 5.75 Å². The molecule has 2 heterocycles. The fraction of sp³-hybridized carbons (Fsp3) is 0.312. The van der Waals surface area contributed by atoms with Gasteiger partial charge in [0.1, 0.15) is 12.3 Å². The molecule has 1 aromatic carbocycles. The summed E-state index contributed by atoms with van der Waals surface area (Å²) in [6.45, 7) is 2.89. The average Bonchev–Trinajstić information content (AvgIpc) is 2.74. The molecular formula is C16H17N3O3. The van der Waals surface area contributed by atoms with E-state index in [2.05, 4.69) is 4.98 Å². The minimum Gasteiger partial charge on any atom is -0.485 e. The number of amides is 1. The molecule has 1 aromatic heterocycles. The van der Waals surface area contributed by atoms with Crippen molar-refractivity contribution >= 4 is 5.91 Å². The van der Waals surface area contributed by atoms with Crippen molar-refractivity contribution in [1.82, 2.24) is 14.5 Å². The molecule has 0 saturated carbocycles. The third kappa shape index (κ3) is 2.47. The molecule has 0 spiro atoms. The summed E-state index contributed by atoms with van der Waals surface area (Å²) in [5.41, 5.74) is 1.86. The predicted molar refractivity (Wildman–Crippen MR) is 80.9 cm³/mol. The lowest BCUT2D eigenvalue weighted by Crippen LogP contribution is -2.33. The van der Waals surface area contributed by atoms with Crippen LogP contribution in [0.5, 0.6) is 5.75 Å². The number of fused-ring (bicyclic) bond motifs is 1. The second-order valence-electron chi connectivity index (χ2n) is 5.33. The van der Waals surface area contributed by atoms with Gasteiger partial charge < -0.3 is 9.64 Å². The lowest BCUT2D eigenvalue weighted by molar-refractivity contribution is 0.0731. The first-order chi connectivity index (χ1) is 10.6. The SMILES string of the molecule is Cc1ccccc1C(=O)N1CCOc2c(ncn(C)c2=O)C1. The summed E-state index contributed by atoms with van der Waals surface area (Å²) in [7, 11) is 1.63. The molecule has 0 fully saturated rings. The van der Waals surface area contributed by atoms with Gasteiger partial charge in [-0.25, -0.2) is 4.98 Å². The maximum atomic E-state index is 12.7. The number of rotatable bonds is 1. The van der Waals surface area contributed by atoms with Gasteiger partial charge in [0, 0.05) is 12.6 Å². The van der Waals surface area contributed by atoms with Crippen molar-refractivity contribution in [2.45, 2.75) is 13.5 Å². The number of hydrogen-bond acceptors (Lipinski definition) is 4. The van der Waals surface area contributed by atoms with Crippen LogP contribution in [0.4, 0.5) is 0 Å². The first-order valence-corrected chi connectivity index (χ1v) is 7.10. The minimum atomic E-state index is -0.227. The Hall–Kier alpha value is -2.63. The first-order valence-electron chi connectivity index (χ1n) is 7.10. The molecule has 1 aliphatic rings. The molecule has 22 heavy (non-hydrogen) atoms. The summed E-state index contributed by atoms with van der Waals surface area (Å²) >= 11 is 0. The molecule has 0 bridgehead atoms. The maximum Gasteiger partial charge on any atom is 0.295 e. The zero-order valence-electron chi connectivity index (χ0n) is 12.6. The zero-order chi connectivity index (χ0) is 15.7. The molecule has 0 unspecified atom stereocenters. The van der Waals surface area contributed by atoms with Gasteiger partial charge in [-0.15, -0.1) is 0 Å². The van der Waals surface area contributed by atoms with E-state index in [1.54, 1.807) is 11.9 Å². The van der Waals surface area contributed by atoms with Crippen molar-refractivity contribution in [2.75, 3.05) is 13.2 Å². The van der Waals surface area contributed by atoms with Crippen molar-refractivity contribution in [3.05, 3.63) is 57.8 Å². The van der Waals surface area contributed by atoms with E-state index in [0.717, 1.165) is 5.56 Å². The molecular weight excluding hydrogens is 282 g/mol. The Morgan fingerprint density at radius 1 is 1.32 bits per heavy atom. The highest BCUT2D eigenvalue weighted by Gasteiger charge is 2.24. The molecule has 114 valence electrons. The Bertz CT molecular complexity index is 782.